The molecule has 70 valence electrons. The van der Waals surface area contributed by atoms with E-state index in [0.29, 0.717) is 0 Å². The minimum Gasteiger partial charge on any atom is -0.0651 e. The zero-order valence-corrected chi connectivity index (χ0v) is 8.64. The maximum atomic E-state index is 2.43. The second-order valence-corrected chi connectivity index (χ2v) is 4.22. The summed E-state index contributed by atoms with van der Waals surface area (Å²) in [5.41, 5.74) is 4.63. The molecule has 0 aliphatic heterocycles. The lowest BCUT2D eigenvalue weighted by atomic mass is 9.99. The fraction of sp³-hybridized carbons (Fsp3) is 0.538. The van der Waals surface area contributed by atoms with Crippen LogP contribution in [0.4, 0.5) is 0 Å². The van der Waals surface area contributed by atoms with Crippen molar-refractivity contribution in [2.75, 3.05) is 0 Å². The van der Waals surface area contributed by atoms with E-state index in [2.05, 4.69) is 32.0 Å². The highest BCUT2D eigenvalue weighted by molar-refractivity contribution is 5.36. The van der Waals surface area contributed by atoms with Crippen LogP contribution in [0.25, 0.3) is 0 Å². The van der Waals surface area contributed by atoms with E-state index in [-0.39, 0.29) is 0 Å². The lowest BCUT2D eigenvalue weighted by Crippen LogP contribution is -1.90. The van der Waals surface area contributed by atoms with E-state index >= 15 is 0 Å². The van der Waals surface area contributed by atoms with Gasteiger partial charge >= 0.3 is 0 Å². The Morgan fingerprint density at radius 1 is 1.31 bits per heavy atom. The molecule has 0 amide bonds. The summed E-state index contributed by atoms with van der Waals surface area (Å²) in [5, 5.41) is 0. The van der Waals surface area contributed by atoms with Crippen LogP contribution in [0.2, 0.25) is 0 Å². The molecule has 0 saturated heterocycles. The number of hydrogen-bond donors (Lipinski definition) is 0. The second kappa shape index (κ2) is 3.53. The summed E-state index contributed by atoms with van der Waals surface area (Å²) in [6.07, 6.45) is 5.32. The van der Waals surface area contributed by atoms with Crippen molar-refractivity contribution in [2.24, 2.45) is 0 Å². The molecular weight excluding hydrogens is 156 g/mol. The highest BCUT2D eigenvalue weighted by Gasteiger charge is 2.24. The standard InChI is InChI=1S/C13H18/c1-3-4-11-6-5-10(2)13(9-11)12-7-8-12/h5-6,9,12H,3-4,7-8H2,1-2H3. The Labute approximate surface area is 81.0 Å². The monoisotopic (exact) mass is 174 g/mol. The first-order valence-electron chi connectivity index (χ1n) is 5.40. The first-order valence-corrected chi connectivity index (χ1v) is 5.40. The summed E-state index contributed by atoms with van der Waals surface area (Å²) in [4.78, 5) is 0. The molecule has 0 aromatic heterocycles. The molecule has 0 unspecified atom stereocenters. The smallest absolute Gasteiger partial charge is 0.0159 e. The fourth-order valence-electron chi connectivity index (χ4n) is 1.97. The van der Waals surface area contributed by atoms with Crippen LogP contribution < -0.4 is 0 Å². The van der Waals surface area contributed by atoms with E-state index in [0.717, 1.165) is 5.92 Å². The topological polar surface area (TPSA) is 0 Å². The quantitative estimate of drug-likeness (QED) is 0.653. The second-order valence-electron chi connectivity index (χ2n) is 4.22. The molecule has 1 aromatic carbocycles. The molecule has 0 bridgehead atoms. The zero-order chi connectivity index (χ0) is 9.26. The first-order chi connectivity index (χ1) is 6.31. The van der Waals surface area contributed by atoms with Crippen LogP contribution in [0.3, 0.4) is 0 Å². The number of benzene rings is 1. The summed E-state index contributed by atoms with van der Waals surface area (Å²) in [7, 11) is 0. The Morgan fingerprint density at radius 3 is 2.69 bits per heavy atom. The van der Waals surface area contributed by atoms with E-state index < -0.39 is 0 Å². The Kier molecular flexibility index (Phi) is 2.39. The van der Waals surface area contributed by atoms with Crippen molar-refractivity contribution in [1.29, 1.82) is 0 Å². The van der Waals surface area contributed by atoms with Crippen molar-refractivity contribution < 1.29 is 0 Å². The number of rotatable bonds is 3. The van der Waals surface area contributed by atoms with Gasteiger partial charge in [0.15, 0.2) is 0 Å². The van der Waals surface area contributed by atoms with Crippen LogP contribution in [0.1, 0.15) is 48.8 Å². The molecule has 0 atom stereocenters. The van der Waals surface area contributed by atoms with Crippen molar-refractivity contribution in [3.05, 3.63) is 34.9 Å². The van der Waals surface area contributed by atoms with E-state index in [4.69, 9.17) is 0 Å². The lowest BCUT2D eigenvalue weighted by Gasteiger charge is -2.06. The van der Waals surface area contributed by atoms with Gasteiger partial charge in [0.2, 0.25) is 0 Å². The van der Waals surface area contributed by atoms with Gasteiger partial charge in [-0.25, -0.2) is 0 Å². The average Bonchev–Trinajstić information content (AvgIpc) is 2.92. The summed E-state index contributed by atoms with van der Waals surface area (Å²) in [6, 6.07) is 7.00. The molecule has 1 saturated carbocycles. The van der Waals surface area contributed by atoms with E-state index in [1.165, 1.54) is 36.8 Å². The molecule has 0 N–H and O–H groups in total. The van der Waals surface area contributed by atoms with Gasteiger partial charge in [-0.05, 0) is 48.8 Å². The predicted molar refractivity (Wildman–Crippen MR) is 57.1 cm³/mol. The molecule has 1 aromatic rings. The maximum Gasteiger partial charge on any atom is -0.0159 e. The van der Waals surface area contributed by atoms with Crippen molar-refractivity contribution in [2.45, 2.75) is 45.4 Å². The van der Waals surface area contributed by atoms with Gasteiger partial charge in [0.1, 0.15) is 0 Å². The first kappa shape index (κ1) is 8.80. The Hall–Kier alpha value is -0.780. The molecule has 13 heavy (non-hydrogen) atoms. The molecule has 2 rings (SSSR count). The van der Waals surface area contributed by atoms with Crippen LogP contribution in [-0.2, 0) is 6.42 Å². The summed E-state index contributed by atoms with van der Waals surface area (Å²) >= 11 is 0. The molecule has 1 fully saturated rings. The van der Waals surface area contributed by atoms with Gasteiger partial charge in [0, 0.05) is 0 Å². The molecule has 1 aliphatic rings. The minimum atomic E-state index is 0.900. The SMILES string of the molecule is CCCc1ccc(C)c(C2CC2)c1. The van der Waals surface area contributed by atoms with Gasteiger partial charge in [0.25, 0.3) is 0 Å². The summed E-state index contributed by atoms with van der Waals surface area (Å²) in [5.74, 6) is 0.900. The average molecular weight is 174 g/mol. The number of hydrogen-bond acceptors (Lipinski definition) is 0. The Balaban J connectivity index is 2.25. The van der Waals surface area contributed by atoms with Crippen LogP contribution in [-0.4, -0.2) is 0 Å². The van der Waals surface area contributed by atoms with Gasteiger partial charge in [-0.3, -0.25) is 0 Å². The predicted octanol–water partition coefficient (Wildman–Crippen LogP) is 3.82. The van der Waals surface area contributed by atoms with Crippen molar-refractivity contribution in [1.82, 2.24) is 0 Å². The van der Waals surface area contributed by atoms with E-state index in [1.807, 2.05) is 0 Å². The third-order valence-corrected chi connectivity index (χ3v) is 2.90. The largest absolute Gasteiger partial charge is 0.0651 e. The van der Waals surface area contributed by atoms with Crippen LogP contribution in [0.5, 0.6) is 0 Å². The Bertz CT molecular complexity index is 295. The molecule has 1 aliphatic carbocycles. The molecule has 0 heteroatoms. The van der Waals surface area contributed by atoms with Crippen LogP contribution in [0.15, 0.2) is 18.2 Å². The minimum absolute atomic E-state index is 0.900. The van der Waals surface area contributed by atoms with Gasteiger partial charge in [-0.15, -0.1) is 0 Å². The van der Waals surface area contributed by atoms with Gasteiger partial charge < -0.3 is 0 Å². The van der Waals surface area contributed by atoms with Gasteiger partial charge in [0.05, 0.1) is 0 Å². The normalized spacial score (nSPS) is 16.2. The van der Waals surface area contributed by atoms with Crippen molar-refractivity contribution in [3.63, 3.8) is 0 Å². The van der Waals surface area contributed by atoms with Crippen LogP contribution in [0, 0.1) is 6.92 Å². The van der Waals surface area contributed by atoms with Crippen LogP contribution >= 0.6 is 0 Å². The zero-order valence-electron chi connectivity index (χ0n) is 8.64. The summed E-state index contributed by atoms with van der Waals surface area (Å²) < 4.78 is 0. The third-order valence-electron chi connectivity index (χ3n) is 2.90. The van der Waals surface area contributed by atoms with Gasteiger partial charge in [-0.2, -0.15) is 0 Å². The summed E-state index contributed by atoms with van der Waals surface area (Å²) in [6.45, 7) is 4.49. The fourth-order valence-corrected chi connectivity index (χ4v) is 1.97. The van der Waals surface area contributed by atoms with Gasteiger partial charge in [-0.1, -0.05) is 31.5 Å². The Morgan fingerprint density at radius 2 is 2.08 bits per heavy atom. The molecular formula is C13H18. The highest BCUT2D eigenvalue weighted by Crippen LogP contribution is 2.41. The van der Waals surface area contributed by atoms with E-state index in [1.54, 1.807) is 5.56 Å². The third kappa shape index (κ3) is 1.93. The lowest BCUT2D eigenvalue weighted by molar-refractivity contribution is 0.914. The van der Waals surface area contributed by atoms with Crippen molar-refractivity contribution >= 4 is 0 Å². The number of aryl methyl sites for hydroxylation is 2. The molecule has 0 spiro atoms. The van der Waals surface area contributed by atoms with Crippen molar-refractivity contribution in [3.8, 4) is 0 Å². The molecule has 0 nitrogen and oxygen atoms in total. The highest BCUT2D eigenvalue weighted by atomic mass is 14.3. The molecule has 0 heterocycles. The van der Waals surface area contributed by atoms with E-state index in [9.17, 15) is 0 Å². The molecule has 0 radical (unpaired) electrons. The maximum absolute atomic E-state index is 2.43.